The molecule has 0 aromatic heterocycles. The third kappa shape index (κ3) is 5.64. The zero-order valence-corrected chi connectivity index (χ0v) is 13.9. The summed E-state index contributed by atoms with van der Waals surface area (Å²) < 4.78 is 0. The molecule has 0 unspecified atom stereocenters. The van der Waals surface area contributed by atoms with E-state index < -0.39 is 0 Å². The lowest BCUT2D eigenvalue weighted by molar-refractivity contribution is -0.129. The van der Waals surface area contributed by atoms with Gasteiger partial charge in [-0.15, -0.1) is 0 Å². The fourth-order valence-electron chi connectivity index (χ4n) is 2.67. The molecule has 2 nitrogen and oxygen atoms in total. The minimum absolute atomic E-state index is 0.0817. The lowest BCUT2D eigenvalue weighted by Gasteiger charge is -2.39. The van der Waals surface area contributed by atoms with Crippen molar-refractivity contribution in [3.8, 4) is 0 Å². The van der Waals surface area contributed by atoms with E-state index >= 15 is 0 Å². The van der Waals surface area contributed by atoms with Gasteiger partial charge < -0.3 is 0 Å². The first kappa shape index (κ1) is 16.7. The molecule has 0 saturated heterocycles. The van der Waals surface area contributed by atoms with Crippen LogP contribution in [0.5, 0.6) is 0 Å². The Morgan fingerprint density at radius 3 is 1.95 bits per heavy atom. The van der Waals surface area contributed by atoms with Crippen LogP contribution < -0.4 is 0 Å². The molecule has 0 bridgehead atoms. The van der Waals surface area contributed by atoms with Gasteiger partial charge >= 0.3 is 0 Å². The second-order valence-electron chi connectivity index (χ2n) is 8.23. The van der Waals surface area contributed by atoms with Gasteiger partial charge in [0.05, 0.1) is 6.54 Å². The minimum Gasteiger partial charge on any atom is -0.298 e. The molecule has 1 aliphatic rings. The predicted octanol–water partition coefficient (Wildman–Crippen LogP) is 4.28. The van der Waals surface area contributed by atoms with E-state index in [0.717, 1.165) is 12.5 Å². The SMILES string of the molecule is CC(C)(C)C(=O)CN(CC1CCCCC1)C(C)(C)C. The van der Waals surface area contributed by atoms with Crippen LogP contribution in [0.15, 0.2) is 0 Å². The number of hydrogen-bond donors (Lipinski definition) is 0. The largest absolute Gasteiger partial charge is 0.298 e. The quantitative estimate of drug-likeness (QED) is 0.757. The van der Waals surface area contributed by atoms with Crippen molar-refractivity contribution in [2.24, 2.45) is 11.3 Å². The Morgan fingerprint density at radius 1 is 1.00 bits per heavy atom. The first-order valence-electron chi connectivity index (χ1n) is 7.89. The van der Waals surface area contributed by atoms with Gasteiger partial charge in [0, 0.05) is 17.5 Å². The van der Waals surface area contributed by atoms with Crippen molar-refractivity contribution >= 4 is 5.78 Å². The molecular weight excluding hydrogens is 234 g/mol. The minimum atomic E-state index is -0.226. The first-order valence-corrected chi connectivity index (χ1v) is 7.89. The summed E-state index contributed by atoms with van der Waals surface area (Å²) in [6.07, 6.45) is 6.82. The number of rotatable bonds is 4. The number of nitrogens with zero attached hydrogens (tertiary/aromatic N) is 1. The molecule has 1 saturated carbocycles. The highest BCUT2D eigenvalue weighted by atomic mass is 16.1. The van der Waals surface area contributed by atoms with Gasteiger partial charge in [0.25, 0.3) is 0 Å². The normalized spacial score (nSPS) is 18.9. The maximum Gasteiger partial charge on any atom is 0.152 e. The second-order valence-corrected chi connectivity index (χ2v) is 8.23. The number of carbonyl (C=O) groups is 1. The average Bonchev–Trinajstić information content (AvgIpc) is 2.27. The number of Topliss-reactive ketones (excluding diaryl/α,β-unsaturated/α-hetero) is 1. The molecule has 0 heterocycles. The Labute approximate surface area is 119 Å². The summed E-state index contributed by atoms with van der Waals surface area (Å²) in [7, 11) is 0. The van der Waals surface area contributed by atoms with Crippen molar-refractivity contribution in [2.45, 2.75) is 79.2 Å². The van der Waals surface area contributed by atoms with Crippen LogP contribution in [0, 0.1) is 11.3 Å². The van der Waals surface area contributed by atoms with Crippen LogP contribution >= 0.6 is 0 Å². The third-order valence-corrected chi connectivity index (χ3v) is 4.32. The van der Waals surface area contributed by atoms with E-state index in [9.17, 15) is 4.79 Å². The van der Waals surface area contributed by atoms with Crippen LogP contribution in [-0.4, -0.2) is 29.3 Å². The van der Waals surface area contributed by atoms with Crippen LogP contribution in [0.3, 0.4) is 0 Å². The average molecular weight is 267 g/mol. The molecule has 0 N–H and O–H groups in total. The monoisotopic (exact) mass is 267 g/mol. The van der Waals surface area contributed by atoms with Crippen LogP contribution in [0.1, 0.15) is 73.6 Å². The van der Waals surface area contributed by atoms with Crippen molar-refractivity contribution < 1.29 is 4.79 Å². The maximum absolute atomic E-state index is 12.3. The lowest BCUT2D eigenvalue weighted by Crippen LogP contribution is -2.48. The fourth-order valence-corrected chi connectivity index (χ4v) is 2.67. The zero-order valence-electron chi connectivity index (χ0n) is 13.9. The molecule has 0 amide bonds. The molecule has 0 radical (unpaired) electrons. The van der Waals surface area contributed by atoms with Crippen LogP contribution in [0.2, 0.25) is 0 Å². The number of carbonyl (C=O) groups excluding carboxylic acids is 1. The summed E-state index contributed by atoms with van der Waals surface area (Å²) in [6, 6.07) is 0. The molecule has 2 heteroatoms. The Balaban J connectivity index is 2.64. The van der Waals surface area contributed by atoms with E-state index in [2.05, 4.69) is 25.7 Å². The van der Waals surface area contributed by atoms with Crippen molar-refractivity contribution in [2.75, 3.05) is 13.1 Å². The highest BCUT2D eigenvalue weighted by molar-refractivity contribution is 5.85. The molecule has 1 rings (SSSR count). The fraction of sp³-hybridized carbons (Fsp3) is 0.941. The van der Waals surface area contributed by atoms with Crippen LogP contribution in [0.25, 0.3) is 0 Å². The van der Waals surface area contributed by atoms with Crippen molar-refractivity contribution in [1.82, 2.24) is 4.90 Å². The summed E-state index contributed by atoms with van der Waals surface area (Å²) in [5, 5.41) is 0. The molecule has 0 aromatic rings. The standard InChI is InChI=1S/C17H33NO/c1-16(2,3)15(19)13-18(17(4,5)6)12-14-10-8-7-9-11-14/h14H,7-13H2,1-6H3. The summed E-state index contributed by atoms with van der Waals surface area (Å²) in [5.41, 5.74) is -0.144. The second kappa shape index (κ2) is 6.39. The smallest absolute Gasteiger partial charge is 0.152 e. The Bertz CT molecular complexity index is 289. The van der Waals surface area contributed by atoms with Gasteiger partial charge in [-0.3, -0.25) is 9.69 Å². The van der Waals surface area contributed by atoms with Gasteiger partial charge in [0.2, 0.25) is 0 Å². The maximum atomic E-state index is 12.3. The highest BCUT2D eigenvalue weighted by Gasteiger charge is 2.30. The number of hydrogen-bond acceptors (Lipinski definition) is 2. The summed E-state index contributed by atoms with van der Waals surface area (Å²) in [5.74, 6) is 1.15. The van der Waals surface area contributed by atoms with Gasteiger partial charge in [-0.25, -0.2) is 0 Å². The van der Waals surface area contributed by atoms with Gasteiger partial charge in [-0.1, -0.05) is 40.0 Å². The molecule has 0 aromatic carbocycles. The molecule has 19 heavy (non-hydrogen) atoms. The van der Waals surface area contributed by atoms with Gasteiger partial charge in [0.1, 0.15) is 0 Å². The Morgan fingerprint density at radius 2 is 1.53 bits per heavy atom. The van der Waals surface area contributed by atoms with E-state index in [0.29, 0.717) is 12.3 Å². The first-order chi connectivity index (χ1) is 8.60. The van der Waals surface area contributed by atoms with E-state index in [-0.39, 0.29) is 11.0 Å². The van der Waals surface area contributed by atoms with E-state index in [1.54, 1.807) is 0 Å². The molecule has 1 fully saturated rings. The Hall–Kier alpha value is -0.370. The molecule has 112 valence electrons. The lowest BCUT2D eigenvalue weighted by atomic mass is 9.86. The number of ketones is 1. The van der Waals surface area contributed by atoms with Crippen molar-refractivity contribution in [1.29, 1.82) is 0 Å². The molecule has 0 spiro atoms. The molecular formula is C17H33NO. The van der Waals surface area contributed by atoms with E-state index in [4.69, 9.17) is 0 Å². The summed E-state index contributed by atoms with van der Waals surface area (Å²) in [4.78, 5) is 14.7. The topological polar surface area (TPSA) is 20.3 Å². The van der Waals surface area contributed by atoms with Gasteiger partial charge in [-0.05, 0) is 39.5 Å². The van der Waals surface area contributed by atoms with Gasteiger partial charge in [-0.2, -0.15) is 0 Å². The van der Waals surface area contributed by atoms with Crippen LogP contribution in [-0.2, 0) is 4.79 Å². The summed E-state index contributed by atoms with van der Waals surface area (Å²) in [6.45, 7) is 14.4. The van der Waals surface area contributed by atoms with Crippen molar-refractivity contribution in [3.05, 3.63) is 0 Å². The van der Waals surface area contributed by atoms with E-state index in [1.807, 2.05) is 20.8 Å². The highest BCUT2D eigenvalue weighted by Crippen LogP contribution is 2.27. The molecule has 0 atom stereocenters. The Kier molecular flexibility index (Phi) is 5.61. The van der Waals surface area contributed by atoms with Gasteiger partial charge in [0.15, 0.2) is 5.78 Å². The van der Waals surface area contributed by atoms with E-state index in [1.165, 1.54) is 32.1 Å². The predicted molar refractivity (Wildman–Crippen MR) is 82.4 cm³/mol. The molecule has 1 aliphatic carbocycles. The summed E-state index contributed by atoms with van der Waals surface area (Å²) >= 11 is 0. The van der Waals surface area contributed by atoms with Crippen LogP contribution in [0.4, 0.5) is 0 Å². The molecule has 0 aliphatic heterocycles. The third-order valence-electron chi connectivity index (χ3n) is 4.32. The zero-order chi connectivity index (χ0) is 14.7. The van der Waals surface area contributed by atoms with Crippen molar-refractivity contribution in [3.63, 3.8) is 0 Å².